The van der Waals surface area contributed by atoms with E-state index in [-0.39, 0.29) is 22.5 Å². The molecule has 0 amide bonds. The fourth-order valence-electron chi connectivity index (χ4n) is 2.91. The van der Waals surface area contributed by atoms with Gasteiger partial charge in [-0.2, -0.15) is 0 Å². The Hall–Kier alpha value is -2.37. The van der Waals surface area contributed by atoms with Gasteiger partial charge in [-0.15, -0.1) is 0 Å². The highest BCUT2D eigenvalue weighted by Crippen LogP contribution is 2.49. The summed E-state index contributed by atoms with van der Waals surface area (Å²) in [5.41, 5.74) is 1.57. The minimum Gasteiger partial charge on any atom is -0.396 e. The van der Waals surface area contributed by atoms with Gasteiger partial charge in [0.15, 0.2) is 0 Å². The summed E-state index contributed by atoms with van der Waals surface area (Å²) in [4.78, 5) is 3.96. The number of halogens is 4. The molecule has 2 aromatic rings. The molecule has 0 saturated carbocycles. The molecule has 0 unspecified atom stereocenters. The molecule has 0 spiro atoms. The summed E-state index contributed by atoms with van der Waals surface area (Å²) in [6, 6.07) is 3.84. The Balaban J connectivity index is 2.33. The molecule has 2 N–H and O–H groups in total. The van der Waals surface area contributed by atoms with Gasteiger partial charge >= 0.3 is 0 Å². The van der Waals surface area contributed by atoms with Gasteiger partial charge in [-0.05, 0) is 35.3 Å². The second-order valence-corrected chi connectivity index (χ2v) is 6.00. The third kappa shape index (κ3) is 3.25. The maximum absolute atomic E-state index is 14.3. The molecule has 0 radical (unpaired) electrons. The summed E-state index contributed by atoms with van der Waals surface area (Å²) >= 11 is 0. The maximum Gasteiger partial charge on any atom is 0.252 e. The van der Waals surface area contributed by atoms with Gasteiger partial charge in [0.05, 0.1) is 11.4 Å². The number of nitrogens with two attached hydrogens (primary N) is 1. The first-order valence-electron chi connectivity index (χ1n) is 10.4. The van der Waals surface area contributed by atoms with Crippen molar-refractivity contribution in [2.24, 2.45) is 5.41 Å². The lowest BCUT2D eigenvalue weighted by atomic mass is 9.72. The Morgan fingerprint density at radius 1 is 1.16 bits per heavy atom. The van der Waals surface area contributed by atoms with Crippen LogP contribution in [-0.4, -0.2) is 10.9 Å². The highest BCUT2D eigenvalue weighted by atomic mass is 19.3. The monoisotopic (exact) mass is 356 g/mol. The average Bonchev–Trinajstić information content (AvgIpc) is 2.62. The van der Waals surface area contributed by atoms with Gasteiger partial charge in [-0.3, -0.25) is 4.98 Å². The van der Waals surface area contributed by atoms with Gasteiger partial charge < -0.3 is 5.73 Å². The molecule has 132 valence electrons. The first-order valence-corrected chi connectivity index (χ1v) is 7.39. The number of hydrogen-bond acceptors (Lipinski definition) is 2. The van der Waals surface area contributed by atoms with Crippen molar-refractivity contribution in [1.82, 2.24) is 4.98 Å². The van der Waals surface area contributed by atoms with E-state index in [1.807, 2.05) is 0 Å². The summed E-state index contributed by atoms with van der Waals surface area (Å²) in [6.45, 7) is -6.75. The van der Waals surface area contributed by atoms with Gasteiger partial charge in [0.2, 0.25) is 0 Å². The number of rotatable bonds is 2. The summed E-state index contributed by atoms with van der Waals surface area (Å²) in [5, 5.41) is 0. The van der Waals surface area contributed by atoms with E-state index in [0.29, 0.717) is 0 Å². The number of pyridine rings is 1. The molecule has 1 aliphatic rings. The Bertz CT molecular complexity index is 1030. The number of aromatic nitrogens is 1. The fourth-order valence-corrected chi connectivity index (χ4v) is 2.91. The molecule has 1 aliphatic carbocycles. The van der Waals surface area contributed by atoms with E-state index in [9.17, 15) is 17.6 Å². The molecule has 1 heterocycles. The Morgan fingerprint density at radius 3 is 2.64 bits per heavy atom. The van der Waals surface area contributed by atoms with Crippen molar-refractivity contribution in [3.8, 4) is 11.1 Å². The number of benzene rings is 1. The zero-order valence-corrected chi connectivity index (χ0v) is 12.9. The zero-order chi connectivity index (χ0) is 23.4. The predicted molar refractivity (Wildman–Crippen MR) is 89.9 cm³/mol. The van der Waals surface area contributed by atoms with Crippen molar-refractivity contribution in [3.63, 3.8) is 0 Å². The van der Waals surface area contributed by atoms with Crippen LogP contribution < -0.4 is 5.73 Å². The second kappa shape index (κ2) is 5.86. The van der Waals surface area contributed by atoms with E-state index in [4.69, 9.17) is 14.0 Å². The molecule has 1 aromatic carbocycles. The van der Waals surface area contributed by atoms with Gasteiger partial charge in [-0.25, -0.2) is 17.6 Å². The van der Waals surface area contributed by atoms with Gasteiger partial charge in [0, 0.05) is 38.4 Å². The predicted octanol–water partition coefficient (Wildman–Crippen LogP) is 5.45. The molecular weight excluding hydrogens is 332 g/mol. The van der Waals surface area contributed by atoms with Crippen LogP contribution in [0.1, 0.15) is 40.5 Å². The first-order chi connectivity index (χ1) is 14.1. The molecule has 0 bridgehead atoms. The van der Waals surface area contributed by atoms with Crippen molar-refractivity contribution in [2.75, 3.05) is 5.73 Å². The van der Waals surface area contributed by atoms with Crippen LogP contribution in [0.15, 0.2) is 36.5 Å². The largest absolute Gasteiger partial charge is 0.396 e. The van der Waals surface area contributed by atoms with E-state index in [1.165, 1.54) is 6.07 Å². The molecule has 25 heavy (non-hydrogen) atoms. The summed E-state index contributed by atoms with van der Waals surface area (Å²) < 4.78 is 104. The molecule has 6 heteroatoms. The normalized spacial score (nSPS) is 23.3. The lowest BCUT2D eigenvalue weighted by Crippen LogP contribution is -2.31. The van der Waals surface area contributed by atoms with Crippen molar-refractivity contribution < 1.29 is 25.8 Å². The second-order valence-electron chi connectivity index (χ2n) is 6.00. The van der Waals surface area contributed by atoms with Crippen LogP contribution in [0.25, 0.3) is 16.7 Å². The Morgan fingerprint density at radius 2 is 1.92 bits per heavy atom. The smallest absolute Gasteiger partial charge is 0.252 e. The first kappa shape index (κ1) is 11.3. The van der Waals surface area contributed by atoms with Crippen LogP contribution in [-0.2, 0) is 0 Å². The van der Waals surface area contributed by atoms with E-state index in [2.05, 4.69) is 4.98 Å². The van der Waals surface area contributed by atoms with E-state index < -0.39 is 55.1 Å². The van der Waals surface area contributed by atoms with Gasteiger partial charge in [0.1, 0.15) is 11.6 Å². The maximum atomic E-state index is 14.3. The van der Waals surface area contributed by atoms with E-state index >= 15 is 0 Å². The number of alkyl halides is 2. The van der Waals surface area contributed by atoms with Gasteiger partial charge in [0.25, 0.3) is 5.92 Å². The van der Waals surface area contributed by atoms with Crippen molar-refractivity contribution in [1.29, 1.82) is 0 Å². The van der Waals surface area contributed by atoms with Crippen molar-refractivity contribution in [3.05, 3.63) is 53.9 Å². The molecule has 2 nitrogen and oxygen atoms in total. The fraction of sp³-hybridized carbons (Fsp3) is 0.316. The summed E-state index contributed by atoms with van der Waals surface area (Å²) in [6.07, 6.45) is -0.482. The van der Waals surface area contributed by atoms with Crippen LogP contribution in [0, 0.1) is 17.0 Å². The number of allylic oxidation sites excluding steroid dienone is 2. The van der Waals surface area contributed by atoms with Crippen LogP contribution >= 0.6 is 0 Å². The number of nitrogens with zero attached hydrogens (tertiary/aromatic N) is 1. The molecule has 0 fully saturated rings. The lowest BCUT2D eigenvalue weighted by Gasteiger charge is -2.36. The van der Waals surface area contributed by atoms with Crippen LogP contribution in [0.2, 0.25) is 0 Å². The minimum absolute atomic E-state index is 0.0785. The summed E-state index contributed by atoms with van der Waals surface area (Å²) in [7, 11) is 0. The number of hydrogen-bond donors (Lipinski definition) is 1. The SMILES string of the molecule is [2H]C([2H])([2H])C1(C([2H])([2H])[2H])CC(F)(F)CC=C1c1nccc(-c2cc(F)ccc2F)c1N. The van der Waals surface area contributed by atoms with Crippen molar-refractivity contribution >= 4 is 11.3 Å². The third-order valence-corrected chi connectivity index (χ3v) is 4.05. The molecular formula is C19H18F4N2. The van der Waals surface area contributed by atoms with Gasteiger partial charge in [-0.1, -0.05) is 19.8 Å². The van der Waals surface area contributed by atoms with Crippen LogP contribution in [0.4, 0.5) is 23.2 Å². The Labute approximate surface area is 151 Å². The van der Waals surface area contributed by atoms with E-state index in [1.54, 1.807) is 0 Å². The molecule has 0 saturated heterocycles. The Kier molecular flexibility index (Phi) is 2.65. The standard InChI is InChI=1S/C19H18F4N2/c1-18(2)10-19(22,23)7-5-14(18)17-16(24)12(6-8-25-17)13-9-11(20)3-4-15(13)21/h3-6,8-9H,7,10,24H2,1-2H3/i1D3,2D3. The average molecular weight is 356 g/mol. The highest BCUT2D eigenvalue weighted by Gasteiger charge is 2.43. The number of anilines is 1. The lowest BCUT2D eigenvalue weighted by molar-refractivity contribution is -0.0309. The minimum atomic E-state index is -3.59. The summed E-state index contributed by atoms with van der Waals surface area (Å²) in [5.74, 6) is -5.20. The third-order valence-electron chi connectivity index (χ3n) is 4.05. The quantitative estimate of drug-likeness (QED) is 0.727. The molecule has 0 atom stereocenters. The van der Waals surface area contributed by atoms with E-state index in [0.717, 1.165) is 30.5 Å². The molecule has 3 rings (SSSR count). The van der Waals surface area contributed by atoms with Crippen molar-refractivity contribution in [2.45, 2.75) is 32.5 Å². The number of nitrogen functional groups attached to an aromatic ring is 1. The zero-order valence-electron chi connectivity index (χ0n) is 18.9. The molecule has 1 aromatic heterocycles. The van der Waals surface area contributed by atoms with Crippen LogP contribution in [0.5, 0.6) is 0 Å². The van der Waals surface area contributed by atoms with Crippen LogP contribution in [0.3, 0.4) is 0 Å². The topological polar surface area (TPSA) is 38.9 Å². The highest BCUT2D eigenvalue weighted by molar-refractivity contribution is 5.86. The molecule has 0 aliphatic heterocycles.